The van der Waals surface area contributed by atoms with E-state index >= 15 is 0 Å². The highest BCUT2D eigenvalue weighted by atomic mass is 19.1. The van der Waals surface area contributed by atoms with Crippen LogP contribution in [-0.4, -0.2) is 26.4 Å². The smallest absolute Gasteiger partial charge is 0.123 e. The van der Waals surface area contributed by atoms with Crippen molar-refractivity contribution < 1.29 is 13.9 Å². The van der Waals surface area contributed by atoms with Gasteiger partial charge in [0, 0.05) is 18.2 Å². The summed E-state index contributed by atoms with van der Waals surface area (Å²) in [7, 11) is 1.62. The first-order valence-electron chi connectivity index (χ1n) is 7.43. The van der Waals surface area contributed by atoms with Crippen LogP contribution in [0.4, 0.5) is 4.39 Å². The SMILES string of the molecule is CCNC(CC1CCCCO1)c1cc(F)ccc1OC. The zero-order valence-corrected chi connectivity index (χ0v) is 12.3. The highest BCUT2D eigenvalue weighted by Gasteiger charge is 2.23. The number of methoxy groups -OCH3 is 1. The minimum Gasteiger partial charge on any atom is -0.496 e. The van der Waals surface area contributed by atoms with Crippen LogP contribution >= 0.6 is 0 Å². The van der Waals surface area contributed by atoms with Crippen molar-refractivity contribution in [1.29, 1.82) is 0 Å². The van der Waals surface area contributed by atoms with E-state index in [0.717, 1.165) is 43.7 Å². The van der Waals surface area contributed by atoms with E-state index in [9.17, 15) is 4.39 Å². The van der Waals surface area contributed by atoms with Gasteiger partial charge in [-0.1, -0.05) is 6.92 Å². The van der Waals surface area contributed by atoms with Gasteiger partial charge in [-0.05, 0) is 50.4 Å². The maximum atomic E-state index is 13.5. The maximum absolute atomic E-state index is 13.5. The minimum atomic E-state index is -0.228. The Balaban J connectivity index is 2.16. The van der Waals surface area contributed by atoms with Gasteiger partial charge in [0.2, 0.25) is 0 Å². The van der Waals surface area contributed by atoms with E-state index in [1.807, 2.05) is 0 Å². The van der Waals surface area contributed by atoms with E-state index in [-0.39, 0.29) is 18.0 Å². The molecule has 0 amide bonds. The largest absolute Gasteiger partial charge is 0.496 e. The summed E-state index contributed by atoms with van der Waals surface area (Å²) in [4.78, 5) is 0. The Hall–Kier alpha value is -1.13. The van der Waals surface area contributed by atoms with Crippen molar-refractivity contribution in [1.82, 2.24) is 5.32 Å². The van der Waals surface area contributed by atoms with Crippen molar-refractivity contribution in [3.05, 3.63) is 29.6 Å². The molecule has 1 N–H and O–H groups in total. The number of hydrogen-bond donors (Lipinski definition) is 1. The van der Waals surface area contributed by atoms with Crippen LogP contribution in [0.15, 0.2) is 18.2 Å². The summed E-state index contributed by atoms with van der Waals surface area (Å²) in [5.74, 6) is 0.501. The van der Waals surface area contributed by atoms with Gasteiger partial charge in [0.05, 0.1) is 13.2 Å². The van der Waals surface area contributed by atoms with E-state index in [0.29, 0.717) is 0 Å². The molecule has 1 aliphatic rings. The first-order valence-corrected chi connectivity index (χ1v) is 7.43. The summed E-state index contributed by atoms with van der Waals surface area (Å²) in [6, 6.07) is 4.75. The van der Waals surface area contributed by atoms with Gasteiger partial charge in [-0.25, -0.2) is 4.39 Å². The molecule has 1 fully saturated rings. The Bertz CT molecular complexity index is 419. The molecule has 0 spiro atoms. The Morgan fingerprint density at radius 1 is 1.45 bits per heavy atom. The fourth-order valence-electron chi connectivity index (χ4n) is 2.80. The molecule has 1 saturated heterocycles. The van der Waals surface area contributed by atoms with E-state index in [2.05, 4.69) is 12.2 Å². The summed E-state index contributed by atoms with van der Waals surface area (Å²) in [5, 5.41) is 3.42. The Kier molecular flexibility index (Phi) is 5.80. The molecule has 1 aliphatic heterocycles. The van der Waals surface area contributed by atoms with E-state index < -0.39 is 0 Å². The molecule has 3 nitrogen and oxygen atoms in total. The van der Waals surface area contributed by atoms with E-state index in [1.54, 1.807) is 19.2 Å². The van der Waals surface area contributed by atoms with Crippen LogP contribution in [0.3, 0.4) is 0 Å². The van der Waals surface area contributed by atoms with Crippen LogP contribution in [0.2, 0.25) is 0 Å². The molecule has 0 aliphatic carbocycles. The molecular formula is C16H24FNO2. The summed E-state index contributed by atoms with van der Waals surface area (Å²) in [6.45, 7) is 3.72. The standard InChI is InChI=1S/C16H24FNO2/c1-3-18-15(11-13-6-4-5-9-20-13)14-10-12(17)7-8-16(14)19-2/h7-8,10,13,15,18H,3-6,9,11H2,1-2H3. The number of halogens is 1. The zero-order chi connectivity index (χ0) is 14.4. The molecule has 0 saturated carbocycles. The normalized spacial score (nSPS) is 20.6. The third kappa shape index (κ3) is 3.93. The molecule has 2 unspecified atom stereocenters. The lowest BCUT2D eigenvalue weighted by molar-refractivity contribution is 0.00500. The molecule has 1 heterocycles. The van der Waals surface area contributed by atoms with Gasteiger partial charge in [0.25, 0.3) is 0 Å². The van der Waals surface area contributed by atoms with Crippen LogP contribution in [0.5, 0.6) is 5.75 Å². The quantitative estimate of drug-likeness (QED) is 0.866. The Morgan fingerprint density at radius 3 is 2.95 bits per heavy atom. The van der Waals surface area contributed by atoms with Crippen molar-refractivity contribution in [3.63, 3.8) is 0 Å². The maximum Gasteiger partial charge on any atom is 0.123 e. The molecular weight excluding hydrogens is 257 g/mol. The van der Waals surface area contributed by atoms with Crippen molar-refractivity contribution in [3.8, 4) is 5.75 Å². The molecule has 0 aromatic heterocycles. The summed E-state index contributed by atoms with van der Waals surface area (Å²) < 4.78 is 24.7. The fourth-order valence-corrected chi connectivity index (χ4v) is 2.80. The summed E-state index contributed by atoms with van der Waals surface area (Å²) in [5.41, 5.74) is 0.878. The highest BCUT2D eigenvalue weighted by molar-refractivity contribution is 5.36. The second kappa shape index (κ2) is 7.60. The molecule has 1 aromatic rings. The summed E-state index contributed by atoms with van der Waals surface area (Å²) in [6.07, 6.45) is 4.54. The van der Waals surface area contributed by atoms with Crippen molar-refractivity contribution in [2.75, 3.05) is 20.3 Å². The van der Waals surface area contributed by atoms with E-state index in [1.165, 1.54) is 12.5 Å². The number of benzene rings is 1. The Morgan fingerprint density at radius 2 is 2.30 bits per heavy atom. The number of rotatable bonds is 6. The number of nitrogens with one attached hydrogen (secondary N) is 1. The number of hydrogen-bond acceptors (Lipinski definition) is 3. The van der Waals surface area contributed by atoms with E-state index in [4.69, 9.17) is 9.47 Å². The van der Waals surface area contributed by atoms with Gasteiger partial charge < -0.3 is 14.8 Å². The fraction of sp³-hybridized carbons (Fsp3) is 0.625. The monoisotopic (exact) mass is 281 g/mol. The van der Waals surface area contributed by atoms with Crippen LogP contribution in [0.1, 0.15) is 44.2 Å². The Labute approximate surface area is 120 Å². The van der Waals surface area contributed by atoms with Crippen LogP contribution < -0.4 is 10.1 Å². The molecule has 2 rings (SSSR count). The van der Waals surface area contributed by atoms with Gasteiger partial charge in [-0.2, -0.15) is 0 Å². The zero-order valence-electron chi connectivity index (χ0n) is 12.3. The molecule has 1 aromatic carbocycles. The number of ether oxygens (including phenoxy) is 2. The van der Waals surface area contributed by atoms with Crippen LogP contribution in [-0.2, 0) is 4.74 Å². The molecule has 4 heteroatoms. The van der Waals surface area contributed by atoms with Gasteiger partial charge >= 0.3 is 0 Å². The lowest BCUT2D eigenvalue weighted by Crippen LogP contribution is -2.29. The molecule has 0 radical (unpaired) electrons. The van der Waals surface area contributed by atoms with Gasteiger partial charge in [0.15, 0.2) is 0 Å². The first kappa shape index (κ1) is 15.3. The van der Waals surface area contributed by atoms with Crippen molar-refractivity contribution >= 4 is 0 Å². The average molecular weight is 281 g/mol. The van der Waals surface area contributed by atoms with Crippen molar-refractivity contribution in [2.24, 2.45) is 0 Å². The van der Waals surface area contributed by atoms with Gasteiger partial charge in [-0.15, -0.1) is 0 Å². The minimum absolute atomic E-state index is 0.0637. The van der Waals surface area contributed by atoms with Crippen molar-refractivity contribution in [2.45, 2.75) is 44.8 Å². The molecule has 112 valence electrons. The molecule has 0 bridgehead atoms. The second-order valence-electron chi connectivity index (χ2n) is 5.22. The third-order valence-corrected chi connectivity index (χ3v) is 3.79. The predicted molar refractivity (Wildman–Crippen MR) is 77.6 cm³/mol. The lowest BCUT2D eigenvalue weighted by atomic mass is 9.96. The second-order valence-corrected chi connectivity index (χ2v) is 5.22. The average Bonchev–Trinajstić information content (AvgIpc) is 2.48. The van der Waals surface area contributed by atoms with Gasteiger partial charge in [0.1, 0.15) is 11.6 Å². The topological polar surface area (TPSA) is 30.5 Å². The summed E-state index contributed by atoms with van der Waals surface area (Å²) >= 11 is 0. The molecule has 2 atom stereocenters. The van der Waals surface area contributed by atoms with Gasteiger partial charge in [-0.3, -0.25) is 0 Å². The van der Waals surface area contributed by atoms with Crippen LogP contribution in [0.25, 0.3) is 0 Å². The van der Waals surface area contributed by atoms with Crippen LogP contribution in [0, 0.1) is 5.82 Å². The highest BCUT2D eigenvalue weighted by Crippen LogP contribution is 2.31. The first-order chi connectivity index (χ1) is 9.74. The predicted octanol–water partition coefficient (Wildman–Crippen LogP) is 3.44. The third-order valence-electron chi connectivity index (χ3n) is 3.79. The molecule has 20 heavy (non-hydrogen) atoms. The lowest BCUT2D eigenvalue weighted by Gasteiger charge is -2.28.